The summed E-state index contributed by atoms with van der Waals surface area (Å²) in [6, 6.07) is 0. The molecule has 1 amide bonds. The van der Waals surface area contributed by atoms with E-state index in [2.05, 4.69) is 14.7 Å². The number of nitrogens with zero attached hydrogens (tertiary/aromatic N) is 2. The van der Waals surface area contributed by atoms with Gasteiger partial charge in [0.05, 0.1) is 0 Å². The minimum atomic E-state index is -0.669. The standard InChI is InChI=1S/C7H9N3O2.ClH/c1-7(2-3-7)6-9-5(4(8)11)12-10-6;/h2-3H2,1H3,(H2,8,11);1H. The zero-order valence-electron chi connectivity index (χ0n) is 7.11. The first kappa shape index (κ1) is 9.98. The number of halogens is 1. The Morgan fingerprint density at radius 1 is 1.62 bits per heavy atom. The minimum absolute atomic E-state index is 0. The van der Waals surface area contributed by atoms with Crippen molar-refractivity contribution in [1.82, 2.24) is 10.1 Å². The van der Waals surface area contributed by atoms with Gasteiger partial charge in [-0.1, -0.05) is 12.1 Å². The van der Waals surface area contributed by atoms with E-state index >= 15 is 0 Å². The van der Waals surface area contributed by atoms with Crippen molar-refractivity contribution in [1.29, 1.82) is 0 Å². The van der Waals surface area contributed by atoms with Gasteiger partial charge in [-0.05, 0) is 12.8 Å². The summed E-state index contributed by atoms with van der Waals surface area (Å²) in [6.45, 7) is 2.03. The SMILES string of the molecule is CC1(c2noc(C(N)=O)n2)CC1.Cl. The summed E-state index contributed by atoms with van der Waals surface area (Å²) >= 11 is 0. The number of hydrogen-bond acceptors (Lipinski definition) is 4. The van der Waals surface area contributed by atoms with Crippen LogP contribution < -0.4 is 5.73 Å². The lowest BCUT2D eigenvalue weighted by atomic mass is 10.1. The molecule has 2 rings (SSSR count). The molecule has 0 atom stereocenters. The summed E-state index contributed by atoms with van der Waals surface area (Å²) in [5.41, 5.74) is 4.98. The number of carbonyl (C=O) groups is 1. The zero-order chi connectivity index (χ0) is 8.77. The monoisotopic (exact) mass is 203 g/mol. The molecule has 1 aromatic heterocycles. The third kappa shape index (κ3) is 1.65. The van der Waals surface area contributed by atoms with Gasteiger partial charge in [0.15, 0.2) is 5.82 Å². The number of amides is 1. The van der Waals surface area contributed by atoms with Gasteiger partial charge in [-0.3, -0.25) is 4.79 Å². The predicted molar refractivity (Wildman–Crippen MR) is 46.6 cm³/mol. The Morgan fingerprint density at radius 3 is 2.62 bits per heavy atom. The maximum absolute atomic E-state index is 10.6. The van der Waals surface area contributed by atoms with Gasteiger partial charge in [0.1, 0.15) is 0 Å². The molecule has 1 aliphatic carbocycles. The fourth-order valence-electron chi connectivity index (χ4n) is 0.980. The quantitative estimate of drug-likeness (QED) is 0.765. The number of aromatic nitrogens is 2. The van der Waals surface area contributed by atoms with Gasteiger partial charge < -0.3 is 10.3 Å². The van der Waals surface area contributed by atoms with Crippen molar-refractivity contribution in [2.75, 3.05) is 0 Å². The van der Waals surface area contributed by atoms with E-state index in [1.54, 1.807) is 0 Å². The zero-order valence-corrected chi connectivity index (χ0v) is 7.93. The molecule has 0 unspecified atom stereocenters. The molecule has 6 heteroatoms. The van der Waals surface area contributed by atoms with Crippen molar-refractivity contribution in [2.24, 2.45) is 5.73 Å². The summed E-state index contributed by atoms with van der Waals surface area (Å²) in [5, 5.41) is 3.68. The molecule has 0 saturated heterocycles. The van der Waals surface area contributed by atoms with Crippen LogP contribution in [0.2, 0.25) is 0 Å². The second-order valence-corrected chi connectivity index (χ2v) is 3.35. The summed E-state index contributed by atoms with van der Waals surface area (Å²) in [6.07, 6.45) is 2.09. The van der Waals surface area contributed by atoms with E-state index in [1.807, 2.05) is 6.92 Å². The van der Waals surface area contributed by atoms with E-state index in [9.17, 15) is 4.79 Å². The molecular formula is C7H10ClN3O2. The van der Waals surface area contributed by atoms with E-state index in [0.717, 1.165) is 12.8 Å². The number of hydrogen-bond donors (Lipinski definition) is 1. The Kier molecular flexibility index (Phi) is 2.30. The molecule has 0 spiro atoms. The Balaban J connectivity index is 0.000000845. The average Bonchev–Trinajstić information content (AvgIpc) is 2.61. The van der Waals surface area contributed by atoms with Crippen molar-refractivity contribution < 1.29 is 9.32 Å². The van der Waals surface area contributed by atoms with Crippen LogP contribution in [0.25, 0.3) is 0 Å². The molecule has 0 bridgehead atoms. The number of primary amides is 1. The van der Waals surface area contributed by atoms with Gasteiger partial charge in [0.2, 0.25) is 0 Å². The summed E-state index contributed by atoms with van der Waals surface area (Å²) < 4.78 is 4.66. The average molecular weight is 204 g/mol. The Hall–Kier alpha value is -1.10. The van der Waals surface area contributed by atoms with E-state index in [1.165, 1.54) is 0 Å². The third-order valence-corrected chi connectivity index (χ3v) is 2.18. The van der Waals surface area contributed by atoms with Crippen LogP contribution in [-0.2, 0) is 5.41 Å². The summed E-state index contributed by atoms with van der Waals surface area (Å²) in [4.78, 5) is 14.5. The first-order valence-electron chi connectivity index (χ1n) is 3.76. The first-order valence-corrected chi connectivity index (χ1v) is 3.76. The molecule has 13 heavy (non-hydrogen) atoms. The van der Waals surface area contributed by atoms with E-state index in [-0.39, 0.29) is 23.7 Å². The molecule has 0 radical (unpaired) electrons. The van der Waals surface area contributed by atoms with Crippen molar-refractivity contribution in [3.05, 3.63) is 11.7 Å². The van der Waals surface area contributed by atoms with Gasteiger partial charge in [0, 0.05) is 5.41 Å². The fraction of sp³-hybridized carbons (Fsp3) is 0.571. The van der Waals surface area contributed by atoms with Crippen LogP contribution in [0.3, 0.4) is 0 Å². The molecule has 5 nitrogen and oxygen atoms in total. The first-order chi connectivity index (χ1) is 5.62. The van der Waals surface area contributed by atoms with Gasteiger partial charge in [0.25, 0.3) is 0 Å². The number of rotatable bonds is 2. The van der Waals surface area contributed by atoms with Crippen LogP contribution in [-0.4, -0.2) is 16.0 Å². The molecule has 72 valence electrons. The lowest BCUT2D eigenvalue weighted by Crippen LogP contribution is -2.12. The largest absolute Gasteiger partial charge is 0.361 e. The molecule has 2 N–H and O–H groups in total. The minimum Gasteiger partial charge on any atom is -0.361 e. The van der Waals surface area contributed by atoms with Gasteiger partial charge in [-0.2, -0.15) is 4.98 Å². The Bertz CT molecular complexity index is 332. The van der Waals surface area contributed by atoms with Crippen molar-refractivity contribution in [3.63, 3.8) is 0 Å². The third-order valence-electron chi connectivity index (χ3n) is 2.18. The van der Waals surface area contributed by atoms with E-state index in [4.69, 9.17) is 5.73 Å². The van der Waals surface area contributed by atoms with Crippen molar-refractivity contribution in [2.45, 2.75) is 25.2 Å². The predicted octanol–water partition coefficient (Wildman–Crippen LogP) is 0.642. The molecule has 1 fully saturated rings. The summed E-state index contributed by atoms with van der Waals surface area (Å²) in [5.74, 6) is -0.174. The molecule has 0 aromatic carbocycles. The highest BCUT2D eigenvalue weighted by atomic mass is 35.5. The molecule has 1 aliphatic rings. The Morgan fingerprint density at radius 2 is 2.23 bits per heavy atom. The van der Waals surface area contributed by atoms with Gasteiger partial charge in [-0.15, -0.1) is 12.4 Å². The molecule has 1 aromatic rings. The number of nitrogens with two attached hydrogens (primary N) is 1. The highest BCUT2D eigenvalue weighted by Crippen LogP contribution is 2.45. The van der Waals surface area contributed by atoms with Gasteiger partial charge >= 0.3 is 11.8 Å². The van der Waals surface area contributed by atoms with Crippen molar-refractivity contribution in [3.8, 4) is 0 Å². The Labute approximate surface area is 81.1 Å². The van der Waals surface area contributed by atoms with Crippen molar-refractivity contribution >= 4 is 18.3 Å². The lowest BCUT2D eigenvalue weighted by Gasteiger charge is -1.96. The van der Waals surface area contributed by atoms with Crippen LogP contribution in [0.4, 0.5) is 0 Å². The van der Waals surface area contributed by atoms with Crippen LogP contribution in [0.5, 0.6) is 0 Å². The van der Waals surface area contributed by atoms with E-state index < -0.39 is 5.91 Å². The fourth-order valence-corrected chi connectivity index (χ4v) is 0.980. The van der Waals surface area contributed by atoms with Crippen LogP contribution in [0, 0.1) is 0 Å². The van der Waals surface area contributed by atoms with E-state index in [0.29, 0.717) is 5.82 Å². The lowest BCUT2D eigenvalue weighted by molar-refractivity contribution is 0.0958. The second kappa shape index (κ2) is 2.99. The van der Waals surface area contributed by atoms with Crippen LogP contribution >= 0.6 is 12.4 Å². The van der Waals surface area contributed by atoms with Crippen LogP contribution in [0.1, 0.15) is 36.3 Å². The molecule has 1 heterocycles. The highest BCUT2D eigenvalue weighted by molar-refractivity contribution is 5.87. The summed E-state index contributed by atoms with van der Waals surface area (Å²) in [7, 11) is 0. The molecule has 0 aliphatic heterocycles. The number of carbonyl (C=O) groups excluding carboxylic acids is 1. The topological polar surface area (TPSA) is 82.0 Å². The highest BCUT2D eigenvalue weighted by Gasteiger charge is 2.43. The normalized spacial score (nSPS) is 17.6. The second-order valence-electron chi connectivity index (χ2n) is 3.35. The maximum Gasteiger partial charge on any atom is 0.315 e. The molecular weight excluding hydrogens is 194 g/mol. The van der Waals surface area contributed by atoms with Crippen LogP contribution in [0.15, 0.2) is 4.52 Å². The molecule has 1 saturated carbocycles. The maximum atomic E-state index is 10.6. The smallest absolute Gasteiger partial charge is 0.315 e. The van der Waals surface area contributed by atoms with Gasteiger partial charge in [-0.25, -0.2) is 0 Å².